The van der Waals surface area contributed by atoms with E-state index in [-0.39, 0.29) is 5.91 Å². The Morgan fingerprint density at radius 1 is 1.33 bits per heavy atom. The number of anilines is 1. The van der Waals surface area contributed by atoms with Gasteiger partial charge in [-0.1, -0.05) is 6.07 Å². The molecule has 1 N–H and O–H groups in total. The number of carbonyl (C=O) groups excluding carboxylic acids is 1. The van der Waals surface area contributed by atoms with E-state index in [1.807, 2.05) is 25.1 Å². The lowest BCUT2D eigenvalue weighted by Gasteiger charge is -2.05. The van der Waals surface area contributed by atoms with Crippen LogP contribution in [0.5, 0.6) is 0 Å². The number of rotatable bonds is 4. The molecule has 0 fully saturated rings. The molecule has 2 heterocycles. The molecule has 4 nitrogen and oxygen atoms in total. The van der Waals surface area contributed by atoms with Crippen LogP contribution in [0.3, 0.4) is 0 Å². The third-order valence-electron chi connectivity index (χ3n) is 2.54. The molecular formula is C14H15N3O. The molecule has 0 aliphatic carbocycles. The molecule has 0 saturated heterocycles. The van der Waals surface area contributed by atoms with E-state index in [2.05, 4.69) is 15.3 Å². The first-order valence-electron chi connectivity index (χ1n) is 5.85. The fourth-order valence-corrected chi connectivity index (χ4v) is 1.65. The van der Waals surface area contributed by atoms with Crippen molar-refractivity contribution in [2.75, 3.05) is 5.32 Å². The van der Waals surface area contributed by atoms with E-state index in [1.165, 1.54) is 0 Å². The highest BCUT2D eigenvalue weighted by atomic mass is 16.1. The molecule has 92 valence electrons. The van der Waals surface area contributed by atoms with Crippen molar-refractivity contribution in [3.05, 3.63) is 54.1 Å². The second kappa shape index (κ2) is 5.91. The van der Waals surface area contributed by atoms with Crippen molar-refractivity contribution < 1.29 is 4.79 Å². The van der Waals surface area contributed by atoms with Gasteiger partial charge in [0.25, 0.3) is 0 Å². The molecule has 18 heavy (non-hydrogen) atoms. The van der Waals surface area contributed by atoms with Crippen LogP contribution in [0.2, 0.25) is 0 Å². The number of nitrogens with zero attached hydrogens (tertiary/aromatic N) is 2. The average Bonchev–Trinajstić information content (AvgIpc) is 2.38. The number of hydrogen-bond donors (Lipinski definition) is 1. The van der Waals surface area contributed by atoms with Gasteiger partial charge in [0.1, 0.15) is 0 Å². The van der Waals surface area contributed by atoms with E-state index in [0.717, 1.165) is 16.9 Å². The van der Waals surface area contributed by atoms with E-state index >= 15 is 0 Å². The predicted molar refractivity (Wildman–Crippen MR) is 70.2 cm³/mol. The minimum atomic E-state index is 0.00412. The van der Waals surface area contributed by atoms with Crippen molar-refractivity contribution in [2.45, 2.75) is 19.8 Å². The fourth-order valence-electron chi connectivity index (χ4n) is 1.65. The Labute approximate surface area is 106 Å². The van der Waals surface area contributed by atoms with Gasteiger partial charge >= 0.3 is 0 Å². The number of pyridine rings is 2. The summed E-state index contributed by atoms with van der Waals surface area (Å²) in [6.45, 7) is 1.89. The molecule has 0 unspecified atom stereocenters. The van der Waals surface area contributed by atoms with Crippen LogP contribution in [0.15, 0.2) is 42.9 Å². The summed E-state index contributed by atoms with van der Waals surface area (Å²) in [4.78, 5) is 19.8. The first-order valence-corrected chi connectivity index (χ1v) is 5.85. The van der Waals surface area contributed by atoms with Crippen LogP contribution < -0.4 is 5.32 Å². The molecular weight excluding hydrogens is 226 g/mol. The summed E-state index contributed by atoms with van der Waals surface area (Å²) in [5, 5.41) is 2.85. The van der Waals surface area contributed by atoms with Gasteiger partial charge in [-0.2, -0.15) is 0 Å². The minimum absolute atomic E-state index is 0.00412. The molecule has 2 aromatic rings. The van der Waals surface area contributed by atoms with Gasteiger partial charge in [-0.25, -0.2) is 0 Å². The van der Waals surface area contributed by atoms with Crippen LogP contribution >= 0.6 is 0 Å². The first-order chi connectivity index (χ1) is 8.74. The highest BCUT2D eigenvalue weighted by Gasteiger charge is 2.03. The largest absolute Gasteiger partial charge is 0.326 e. The maximum atomic E-state index is 11.7. The third-order valence-corrected chi connectivity index (χ3v) is 2.54. The molecule has 1 amide bonds. The van der Waals surface area contributed by atoms with Crippen LogP contribution in [-0.4, -0.2) is 15.9 Å². The van der Waals surface area contributed by atoms with Crippen LogP contribution in [0, 0.1) is 6.92 Å². The molecule has 4 heteroatoms. The summed E-state index contributed by atoms with van der Waals surface area (Å²) in [6, 6.07) is 7.48. The van der Waals surface area contributed by atoms with Gasteiger partial charge in [0.15, 0.2) is 0 Å². The lowest BCUT2D eigenvalue weighted by atomic mass is 10.1. The molecule has 0 aliphatic heterocycles. The van der Waals surface area contributed by atoms with Crippen molar-refractivity contribution >= 4 is 11.6 Å². The molecule has 0 aromatic carbocycles. The molecule has 0 bridgehead atoms. The SMILES string of the molecule is Cc1cc(NC(=O)CCc2cccnc2)ccn1. The number of amides is 1. The van der Waals surface area contributed by atoms with E-state index in [1.54, 1.807) is 24.7 Å². The Kier molecular flexibility index (Phi) is 4.02. The lowest BCUT2D eigenvalue weighted by Crippen LogP contribution is -2.12. The zero-order valence-corrected chi connectivity index (χ0v) is 10.3. The Morgan fingerprint density at radius 3 is 2.94 bits per heavy atom. The van der Waals surface area contributed by atoms with Gasteiger partial charge in [-0.15, -0.1) is 0 Å². The number of carbonyl (C=O) groups is 1. The molecule has 2 aromatic heterocycles. The lowest BCUT2D eigenvalue weighted by molar-refractivity contribution is -0.116. The number of nitrogens with one attached hydrogen (secondary N) is 1. The second-order valence-corrected chi connectivity index (χ2v) is 4.10. The average molecular weight is 241 g/mol. The van der Waals surface area contributed by atoms with Gasteiger partial charge in [0.2, 0.25) is 5.91 Å². The minimum Gasteiger partial charge on any atom is -0.326 e. The van der Waals surface area contributed by atoms with Crippen LogP contribution in [0.25, 0.3) is 0 Å². The zero-order valence-electron chi connectivity index (χ0n) is 10.3. The molecule has 2 rings (SSSR count). The number of aryl methyl sites for hydroxylation is 2. The summed E-state index contributed by atoms with van der Waals surface area (Å²) in [6.07, 6.45) is 6.34. The molecule has 0 radical (unpaired) electrons. The van der Waals surface area contributed by atoms with Crippen LogP contribution in [0.1, 0.15) is 17.7 Å². The molecule has 0 aliphatic rings. The van der Waals surface area contributed by atoms with E-state index < -0.39 is 0 Å². The number of aromatic nitrogens is 2. The fraction of sp³-hybridized carbons (Fsp3) is 0.214. The molecule has 0 saturated carbocycles. The van der Waals surface area contributed by atoms with Gasteiger partial charge in [-0.05, 0) is 37.1 Å². The van der Waals surface area contributed by atoms with E-state index in [0.29, 0.717) is 12.8 Å². The zero-order chi connectivity index (χ0) is 12.8. The van der Waals surface area contributed by atoms with Crippen molar-refractivity contribution in [1.29, 1.82) is 0 Å². The standard InChI is InChI=1S/C14H15N3O/c1-11-9-13(6-8-16-11)17-14(18)5-4-12-3-2-7-15-10-12/h2-3,6-10H,4-5H2,1H3,(H,16,17,18). The topological polar surface area (TPSA) is 54.9 Å². The van der Waals surface area contributed by atoms with Gasteiger partial charge in [0.05, 0.1) is 0 Å². The Hall–Kier alpha value is -2.23. The Balaban J connectivity index is 1.86. The van der Waals surface area contributed by atoms with Crippen LogP contribution in [-0.2, 0) is 11.2 Å². The van der Waals surface area contributed by atoms with Gasteiger partial charge in [0, 0.05) is 36.4 Å². The third kappa shape index (κ3) is 3.66. The maximum Gasteiger partial charge on any atom is 0.224 e. The summed E-state index contributed by atoms with van der Waals surface area (Å²) in [5.41, 5.74) is 2.75. The van der Waals surface area contributed by atoms with Gasteiger partial charge < -0.3 is 5.32 Å². The highest BCUT2D eigenvalue weighted by molar-refractivity contribution is 5.90. The highest BCUT2D eigenvalue weighted by Crippen LogP contribution is 2.08. The monoisotopic (exact) mass is 241 g/mol. The van der Waals surface area contributed by atoms with Crippen molar-refractivity contribution in [3.8, 4) is 0 Å². The molecule has 0 atom stereocenters. The van der Waals surface area contributed by atoms with E-state index in [4.69, 9.17) is 0 Å². The second-order valence-electron chi connectivity index (χ2n) is 4.10. The predicted octanol–water partition coefficient (Wildman–Crippen LogP) is 2.36. The summed E-state index contributed by atoms with van der Waals surface area (Å²) < 4.78 is 0. The normalized spacial score (nSPS) is 10.1. The summed E-state index contributed by atoms with van der Waals surface area (Å²) in [7, 11) is 0. The van der Waals surface area contributed by atoms with Crippen molar-refractivity contribution in [2.24, 2.45) is 0 Å². The van der Waals surface area contributed by atoms with E-state index in [9.17, 15) is 4.79 Å². The van der Waals surface area contributed by atoms with Gasteiger partial charge in [-0.3, -0.25) is 14.8 Å². The quantitative estimate of drug-likeness (QED) is 0.894. The first kappa shape index (κ1) is 12.2. The van der Waals surface area contributed by atoms with Crippen molar-refractivity contribution in [3.63, 3.8) is 0 Å². The van der Waals surface area contributed by atoms with Crippen LogP contribution in [0.4, 0.5) is 5.69 Å². The summed E-state index contributed by atoms with van der Waals surface area (Å²) >= 11 is 0. The Morgan fingerprint density at radius 2 is 2.22 bits per heavy atom. The smallest absolute Gasteiger partial charge is 0.224 e. The summed E-state index contributed by atoms with van der Waals surface area (Å²) in [5.74, 6) is 0.00412. The van der Waals surface area contributed by atoms with Crippen molar-refractivity contribution in [1.82, 2.24) is 9.97 Å². The number of hydrogen-bond acceptors (Lipinski definition) is 3. The Bertz CT molecular complexity index is 526. The molecule has 0 spiro atoms. The maximum absolute atomic E-state index is 11.7.